The van der Waals surface area contributed by atoms with Gasteiger partial charge in [-0.1, -0.05) is 43.6 Å². The second-order valence-electron chi connectivity index (χ2n) is 7.20. The van der Waals surface area contributed by atoms with Crippen molar-refractivity contribution in [2.24, 2.45) is 5.92 Å². The Balaban J connectivity index is 1.69. The molecule has 0 N–H and O–H groups in total. The molecule has 27 heavy (non-hydrogen) atoms. The quantitative estimate of drug-likeness (QED) is 0.790. The largest absolute Gasteiger partial charge is 0.365 e. The van der Waals surface area contributed by atoms with Gasteiger partial charge in [-0.3, -0.25) is 9.59 Å². The van der Waals surface area contributed by atoms with Crippen molar-refractivity contribution in [1.82, 2.24) is 14.7 Å². The molecule has 1 aliphatic rings. The molecule has 0 bridgehead atoms. The third-order valence-electron chi connectivity index (χ3n) is 4.81. The van der Waals surface area contributed by atoms with Crippen LogP contribution in [0.4, 0.5) is 5.69 Å². The van der Waals surface area contributed by atoms with Crippen molar-refractivity contribution in [2.75, 3.05) is 31.1 Å². The maximum absolute atomic E-state index is 12.6. The van der Waals surface area contributed by atoms with Gasteiger partial charge in [-0.2, -0.15) is 9.78 Å². The van der Waals surface area contributed by atoms with Gasteiger partial charge in [-0.05, 0) is 24.5 Å². The number of anilines is 1. The van der Waals surface area contributed by atoms with E-state index < -0.39 is 0 Å². The molecule has 3 rings (SSSR count). The highest BCUT2D eigenvalue weighted by Gasteiger charge is 2.24. The number of hydrogen-bond acceptors (Lipinski definition) is 4. The summed E-state index contributed by atoms with van der Waals surface area (Å²) >= 11 is 6.37. The minimum atomic E-state index is -0.337. The molecule has 0 spiro atoms. The Morgan fingerprint density at radius 2 is 1.81 bits per heavy atom. The van der Waals surface area contributed by atoms with Gasteiger partial charge < -0.3 is 9.80 Å². The van der Waals surface area contributed by atoms with Crippen molar-refractivity contribution in [1.29, 1.82) is 0 Å². The maximum Gasteiger partial charge on any atom is 0.292 e. The molecule has 144 valence electrons. The number of halogens is 1. The van der Waals surface area contributed by atoms with E-state index in [1.807, 2.05) is 40.1 Å². The fourth-order valence-corrected chi connectivity index (χ4v) is 3.41. The monoisotopic (exact) mass is 388 g/mol. The molecular formula is C20H25ClN4O2. The number of rotatable bonds is 5. The Hall–Kier alpha value is -2.34. The van der Waals surface area contributed by atoms with Crippen LogP contribution in [0.5, 0.6) is 0 Å². The Morgan fingerprint density at radius 3 is 2.44 bits per heavy atom. The minimum absolute atomic E-state index is 0.161. The Morgan fingerprint density at radius 1 is 1.15 bits per heavy atom. The summed E-state index contributed by atoms with van der Waals surface area (Å²) in [6, 6.07) is 9.20. The normalized spacial score (nSPS) is 14.7. The molecule has 1 amide bonds. The van der Waals surface area contributed by atoms with Crippen LogP contribution in [0.25, 0.3) is 5.69 Å². The van der Waals surface area contributed by atoms with Crippen LogP contribution < -0.4 is 10.5 Å². The van der Waals surface area contributed by atoms with Crippen LogP contribution >= 0.6 is 11.6 Å². The van der Waals surface area contributed by atoms with Crippen molar-refractivity contribution in [3.05, 3.63) is 51.9 Å². The van der Waals surface area contributed by atoms with Gasteiger partial charge in [0.05, 0.1) is 17.6 Å². The lowest BCUT2D eigenvalue weighted by molar-refractivity contribution is -0.131. The van der Waals surface area contributed by atoms with E-state index in [1.54, 1.807) is 6.20 Å². The molecule has 1 aromatic carbocycles. The average molecular weight is 389 g/mol. The summed E-state index contributed by atoms with van der Waals surface area (Å²) in [5, 5.41) is 4.45. The van der Waals surface area contributed by atoms with Crippen molar-refractivity contribution in [2.45, 2.75) is 26.7 Å². The molecule has 7 heteroatoms. The van der Waals surface area contributed by atoms with E-state index >= 15 is 0 Å². The van der Waals surface area contributed by atoms with Crippen LogP contribution in [-0.2, 0) is 4.79 Å². The maximum atomic E-state index is 12.6. The summed E-state index contributed by atoms with van der Waals surface area (Å²) in [4.78, 5) is 28.8. The predicted octanol–water partition coefficient (Wildman–Crippen LogP) is 2.97. The van der Waals surface area contributed by atoms with Gasteiger partial charge in [0.2, 0.25) is 5.91 Å². The minimum Gasteiger partial charge on any atom is -0.365 e. The van der Waals surface area contributed by atoms with Crippen molar-refractivity contribution in [3.8, 4) is 5.69 Å². The highest BCUT2D eigenvalue weighted by Crippen LogP contribution is 2.23. The van der Waals surface area contributed by atoms with E-state index in [0.717, 1.165) is 6.42 Å². The number of amides is 1. The molecule has 0 aliphatic carbocycles. The highest BCUT2D eigenvalue weighted by molar-refractivity contribution is 6.33. The number of nitrogens with zero attached hydrogens (tertiary/aromatic N) is 4. The van der Waals surface area contributed by atoms with Crippen LogP contribution in [-0.4, -0.2) is 46.8 Å². The summed E-state index contributed by atoms with van der Waals surface area (Å²) in [7, 11) is 0. The Bertz CT molecular complexity index is 843. The molecule has 1 saturated heterocycles. The lowest BCUT2D eigenvalue weighted by Gasteiger charge is -2.36. The van der Waals surface area contributed by atoms with Crippen LogP contribution in [0.1, 0.15) is 26.7 Å². The fraction of sp³-hybridized carbons (Fsp3) is 0.450. The van der Waals surface area contributed by atoms with Gasteiger partial charge >= 0.3 is 0 Å². The van der Waals surface area contributed by atoms with Crippen LogP contribution in [0.2, 0.25) is 5.02 Å². The van der Waals surface area contributed by atoms with Gasteiger partial charge in [0.15, 0.2) is 0 Å². The molecule has 0 radical (unpaired) electrons. The lowest BCUT2D eigenvalue weighted by atomic mass is 10.1. The Labute approximate surface area is 164 Å². The molecule has 1 fully saturated rings. The number of aromatic nitrogens is 2. The first-order valence-corrected chi connectivity index (χ1v) is 9.71. The topological polar surface area (TPSA) is 58.4 Å². The first-order chi connectivity index (χ1) is 13.0. The Kier molecular flexibility index (Phi) is 6.16. The number of para-hydroxylation sites is 1. The lowest BCUT2D eigenvalue weighted by Crippen LogP contribution is -2.49. The highest BCUT2D eigenvalue weighted by atomic mass is 35.5. The van der Waals surface area contributed by atoms with Crippen molar-refractivity contribution in [3.63, 3.8) is 0 Å². The summed E-state index contributed by atoms with van der Waals surface area (Å²) in [6.07, 6.45) is 3.13. The van der Waals surface area contributed by atoms with Gasteiger partial charge in [0.1, 0.15) is 5.02 Å². The predicted molar refractivity (Wildman–Crippen MR) is 108 cm³/mol. The third-order valence-corrected chi connectivity index (χ3v) is 5.17. The van der Waals surface area contributed by atoms with Gasteiger partial charge in [-0.15, -0.1) is 0 Å². The number of piperazine rings is 1. The van der Waals surface area contributed by atoms with Crippen molar-refractivity contribution >= 4 is 23.2 Å². The second-order valence-corrected chi connectivity index (χ2v) is 7.57. The van der Waals surface area contributed by atoms with E-state index in [9.17, 15) is 9.59 Å². The number of benzene rings is 1. The van der Waals surface area contributed by atoms with Gasteiger partial charge in [0, 0.05) is 32.6 Å². The standard InChI is InChI=1S/C20H25ClN4O2/c1-15(2)8-9-18(26)24-12-10-23(11-13-24)17-14-22-25(20(27)19(17)21)16-6-4-3-5-7-16/h3-7,14-15H,8-13H2,1-2H3. The van der Waals surface area contributed by atoms with E-state index in [2.05, 4.69) is 18.9 Å². The molecule has 0 atom stereocenters. The van der Waals surface area contributed by atoms with E-state index in [-0.39, 0.29) is 16.5 Å². The zero-order chi connectivity index (χ0) is 19.4. The van der Waals surface area contributed by atoms with E-state index in [4.69, 9.17) is 11.6 Å². The third kappa shape index (κ3) is 4.50. The molecule has 0 saturated carbocycles. The summed E-state index contributed by atoms with van der Waals surface area (Å²) in [6.45, 7) is 6.80. The second kappa shape index (κ2) is 8.57. The summed E-state index contributed by atoms with van der Waals surface area (Å²) in [5.41, 5.74) is 0.968. The molecular weight excluding hydrogens is 364 g/mol. The van der Waals surface area contributed by atoms with Gasteiger partial charge in [0.25, 0.3) is 5.56 Å². The van der Waals surface area contributed by atoms with Crippen LogP contribution in [0.3, 0.4) is 0 Å². The number of carbonyl (C=O) groups excluding carboxylic acids is 1. The van der Waals surface area contributed by atoms with Crippen LogP contribution in [0, 0.1) is 5.92 Å². The molecule has 6 nitrogen and oxygen atoms in total. The fourth-order valence-electron chi connectivity index (χ4n) is 3.16. The number of carbonyl (C=O) groups is 1. The summed E-state index contributed by atoms with van der Waals surface area (Å²) < 4.78 is 1.30. The van der Waals surface area contributed by atoms with Crippen molar-refractivity contribution < 1.29 is 4.79 Å². The van der Waals surface area contributed by atoms with E-state index in [0.29, 0.717) is 49.9 Å². The average Bonchev–Trinajstić information content (AvgIpc) is 2.69. The zero-order valence-corrected chi connectivity index (χ0v) is 16.5. The molecule has 2 heterocycles. The number of hydrogen-bond donors (Lipinski definition) is 0. The molecule has 1 aromatic heterocycles. The first kappa shape index (κ1) is 19.4. The smallest absolute Gasteiger partial charge is 0.292 e. The SMILES string of the molecule is CC(C)CCC(=O)N1CCN(c2cnn(-c3ccccc3)c(=O)c2Cl)CC1. The first-order valence-electron chi connectivity index (χ1n) is 9.33. The van der Waals surface area contributed by atoms with Gasteiger partial charge in [-0.25, -0.2) is 0 Å². The zero-order valence-electron chi connectivity index (χ0n) is 15.8. The van der Waals surface area contributed by atoms with Crippen LogP contribution in [0.15, 0.2) is 41.3 Å². The molecule has 1 aliphatic heterocycles. The molecule has 0 unspecified atom stereocenters. The summed E-state index contributed by atoms with van der Waals surface area (Å²) in [5.74, 6) is 0.725. The van der Waals surface area contributed by atoms with E-state index in [1.165, 1.54) is 4.68 Å². The molecule has 2 aromatic rings.